The zero-order valence-corrected chi connectivity index (χ0v) is 43.3. The summed E-state index contributed by atoms with van der Waals surface area (Å²) in [5, 5.41) is 14.6. The van der Waals surface area contributed by atoms with Crippen molar-refractivity contribution in [2.75, 3.05) is 26.2 Å². The SMILES string of the molecule is [C-]#[N+]/C(c1cnc2cc(Cl)c(Cl)cc2n1)=c1\c2c(C(C)C)n(B3Oc4ccccc4O3)/c(=C(/C#N)c3cnc4cc(Cl)c(Cl)cc4n3)c2c(-c2cccc(OCCCN(CC)CC)c2)n1B1Oc2ccccc2O1. The molecule has 366 valence electrons. The summed E-state index contributed by atoms with van der Waals surface area (Å²) in [7, 11) is -2.39. The Morgan fingerprint density at radius 3 is 1.76 bits per heavy atom. The molecule has 6 heterocycles. The van der Waals surface area contributed by atoms with Gasteiger partial charge in [-0.2, -0.15) is 5.26 Å². The molecular weight excluding hydrogens is 1020 g/mol. The van der Waals surface area contributed by atoms with Gasteiger partial charge in [-0.05, 0) is 86.1 Å². The van der Waals surface area contributed by atoms with Crippen LogP contribution in [0.15, 0.2) is 109 Å². The molecule has 0 amide bonds. The summed E-state index contributed by atoms with van der Waals surface area (Å²) in [5.74, 6) is 2.18. The third-order valence-corrected chi connectivity index (χ3v) is 14.5. The number of fused-ring (bicyclic) bond motifs is 5. The molecule has 0 radical (unpaired) electrons. The Bertz CT molecular complexity index is 3800. The molecular formula is C54H41B2Cl4N9O5. The lowest BCUT2D eigenvalue weighted by Gasteiger charge is -2.19. The third kappa shape index (κ3) is 8.66. The number of ether oxygens (including phenoxy) is 1. The van der Waals surface area contributed by atoms with E-state index in [0.29, 0.717) is 106 Å². The second-order valence-electron chi connectivity index (χ2n) is 17.8. The molecule has 0 bridgehead atoms. The Kier molecular flexibility index (Phi) is 13.3. The maximum absolute atomic E-state index is 11.8. The van der Waals surface area contributed by atoms with Gasteiger partial charge in [0.1, 0.15) is 46.1 Å². The van der Waals surface area contributed by atoms with Crippen molar-refractivity contribution in [1.29, 1.82) is 5.26 Å². The number of para-hydroxylation sites is 4. The molecule has 9 aromatic rings. The summed E-state index contributed by atoms with van der Waals surface area (Å²) < 4.78 is 37.2. The fourth-order valence-electron chi connectivity index (χ4n) is 9.64. The number of aromatic nitrogens is 6. The zero-order valence-electron chi connectivity index (χ0n) is 40.2. The molecule has 0 atom stereocenters. The number of rotatable bonds is 13. The van der Waals surface area contributed by atoms with Crippen LogP contribution in [0.2, 0.25) is 20.1 Å². The number of nitrogens with zero attached hydrogens (tertiary/aromatic N) is 9. The molecule has 74 heavy (non-hydrogen) atoms. The molecule has 0 aliphatic carbocycles. The summed E-state index contributed by atoms with van der Waals surface area (Å²) in [6, 6.07) is 31.4. The highest BCUT2D eigenvalue weighted by Gasteiger charge is 2.45. The molecule has 0 saturated heterocycles. The molecule has 5 aromatic carbocycles. The van der Waals surface area contributed by atoms with Crippen LogP contribution in [0.1, 0.15) is 57.1 Å². The van der Waals surface area contributed by atoms with E-state index >= 15 is 0 Å². The monoisotopic (exact) mass is 1060 g/mol. The molecule has 11 rings (SSSR count). The van der Waals surface area contributed by atoms with Crippen LogP contribution in [0.3, 0.4) is 0 Å². The van der Waals surface area contributed by atoms with E-state index in [1.807, 2.05) is 95.6 Å². The summed E-state index contributed by atoms with van der Waals surface area (Å²) in [4.78, 5) is 26.2. The predicted octanol–water partition coefficient (Wildman–Crippen LogP) is 11.3. The number of benzene rings is 5. The summed E-state index contributed by atoms with van der Waals surface area (Å²) in [6.07, 6.45) is 3.85. The van der Waals surface area contributed by atoms with E-state index in [9.17, 15) is 5.26 Å². The van der Waals surface area contributed by atoms with Crippen molar-refractivity contribution in [2.45, 2.75) is 40.0 Å². The molecule has 4 aromatic heterocycles. The van der Waals surface area contributed by atoms with Crippen LogP contribution in [-0.2, 0) is 0 Å². The Morgan fingerprint density at radius 2 is 1.23 bits per heavy atom. The van der Waals surface area contributed by atoms with Gasteiger partial charge in [-0.25, -0.2) is 9.83 Å². The van der Waals surface area contributed by atoms with E-state index in [1.54, 1.807) is 24.3 Å². The van der Waals surface area contributed by atoms with Crippen molar-refractivity contribution in [3.8, 4) is 46.1 Å². The minimum atomic E-state index is -1.22. The van der Waals surface area contributed by atoms with E-state index in [1.165, 1.54) is 12.4 Å². The molecule has 14 nitrogen and oxygen atoms in total. The molecule has 2 aliphatic rings. The molecule has 20 heteroatoms. The van der Waals surface area contributed by atoms with Gasteiger partial charge in [0.05, 0.1) is 83.6 Å². The van der Waals surface area contributed by atoms with Crippen molar-refractivity contribution in [1.82, 2.24) is 33.8 Å². The average molecular weight is 1060 g/mol. The van der Waals surface area contributed by atoms with Crippen molar-refractivity contribution >= 4 is 105 Å². The first kappa shape index (κ1) is 48.8. The Morgan fingerprint density at radius 1 is 0.703 bits per heavy atom. The van der Waals surface area contributed by atoms with E-state index in [4.69, 9.17) is 96.3 Å². The van der Waals surface area contributed by atoms with Crippen molar-refractivity contribution < 1.29 is 23.4 Å². The van der Waals surface area contributed by atoms with Crippen LogP contribution in [0.5, 0.6) is 28.7 Å². The molecule has 0 saturated carbocycles. The maximum atomic E-state index is 11.8. The lowest BCUT2D eigenvalue weighted by atomic mass is 10.0. The summed E-state index contributed by atoms with van der Waals surface area (Å²) in [5.41, 5.74) is 4.10. The van der Waals surface area contributed by atoms with Crippen LogP contribution >= 0.6 is 46.4 Å². The first-order chi connectivity index (χ1) is 36.0. The fourth-order valence-corrected chi connectivity index (χ4v) is 10.3. The van der Waals surface area contributed by atoms with Gasteiger partial charge in [0, 0.05) is 34.8 Å². The van der Waals surface area contributed by atoms with Gasteiger partial charge in [0.25, 0.3) is 0 Å². The second-order valence-corrected chi connectivity index (χ2v) is 19.4. The van der Waals surface area contributed by atoms with Crippen molar-refractivity contribution in [3.05, 3.63) is 169 Å². The predicted molar refractivity (Wildman–Crippen MR) is 291 cm³/mol. The first-order valence-corrected chi connectivity index (χ1v) is 25.4. The maximum Gasteiger partial charge on any atom is 0.743 e. The molecule has 0 N–H and O–H groups in total. The van der Waals surface area contributed by atoms with Gasteiger partial charge in [0.15, 0.2) is 0 Å². The number of halogens is 4. The average Bonchev–Trinajstić information content (AvgIpc) is 4.26. The van der Waals surface area contributed by atoms with E-state index in [2.05, 4.69) is 29.7 Å². The van der Waals surface area contributed by atoms with Gasteiger partial charge in [-0.3, -0.25) is 15.0 Å². The van der Waals surface area contributed by atoms with Gasteiger partial charge < -0.3 is 37.2 Å². The smallest absolute Gasteiger partial charge is 0.503 e. The minimum absolute atomic E-state index is 0.0753. The Hall–Kier alpha value is -7.43. The minimum Gasteiger partial charge on any atom is -0.503 e. The van der Waals surface area contributed by atoms with E-state index in [0.717, 1.165) is 26.1 Å². The Labute approximate surface area is 446 Å². The second kappa shape index (κ2) is 20.1. The zero-order chi connectivity index (χ0) is 51.4. The summed E-state index contributed by atoms with van der Waals surface area (Å²) in [6.45, 7) is 20.7. The highest BCUT2D eigenvalue weighted by molar-refractivity contribution is 6.49. The van der Waals surface area contributed by atoms with Crippen LogP contribution < -0.4 is 34.1 Å². The Balaban J connectivity index is 1.32. The number of hydrogen-bond donors (Lipinski definition) is 0. The van der Waals surface area contributed by atoms with Gasteiger partial charge >= 0.3 is 14.5 Å². The van der Waals surface area contributed by atoms with Gasteiger partial charge in [-0.1, -0.05) is 110 Å². The van der Waals surface area contributed by atoms with E-state index in [-0.39, 0.29) is 38.6 Å². The van der Waals surface area contributed by atoms with Crippen molar-refractivity contribution in [3.63, 3.8) is 0 Å². The normalized spacial score (nSPS) is 13.6. The highest BCUT2D eigenvalue weighted by atomic mass is 35.5. The van der Waals surface area contributed by atoms with Crippen LogP contribution in [-0.4, -0.2) is 74.5 Å². The van der Waals surface area contributed by atoms with Crippen LogP contribution in [0, 0.1) is 17.9 Å². The van der Waals surface area contributed by atoms with Crippen molar-refractivity contribution in [2.24, 2.45) is 0 Å². The van der Waals surface area contributed by atoms with E-state index < -0.39 is 14.5 Å². The standard InChI is InChI=1S/C54H41B2Cl4N9O5/c1-6-67(7-2)20-13-21-70-32-15-12-14-31(22-32)52-49-48(54(69(52)56-73-46-18-10-11-19-47(46)74-56)50(62-5)43-29-64-39-24-35(58)37(60)26-41(39)66-43)51(30(3)4)68(55-71-44-16-8-9-17-45(44)72-55)53(49)33(27-61)42-28-63-38-23-34(57)36(59)25-40(38)65-42/h8-12,14-19,22-26,28-30H,6-7,13,20-21H2,1-4H3/b53-33-,54-50+. The largest absolute Gasteiger partial charge is 0.743 e. The quantitative estimate of drug-likeness (QED) is 0.0619. The fraction of sp³-hybridized carbons (Fsp3) is 0.185. The third-order valence-electron chi connectivity index (χ3n) is 13.0. The number of nitriles is 1. The van der Waals surface area contributed by atoms with Gasteiger partial charge in [0.2, 0.25) is 5.70 Å². The van der Waals surface area contributed by atoms with Crippen LogP contribution in [0.4, 0.5) is 0 Å². The molecule has 0 fully saturated rings. The lowest BCUT2D eigenvalue weighted by molar-refractivity contribution is 0.249. The summed E-state index contributed by atoms with van der Waals surface area (Å²) >= 11 is 26.0. The number of hydrogen-bond acceptors (Lipinski definition) is 11. The molecule has 2 aliphatic heterocycles. The topological polar surface area (TPSA) is 139 Å². The molecule has 0 spiro atoms. The van der Waals surface area contributed by atoms with Gasteiger partial charge in [-0.15, -0.1) is 0 Å². The first-order valence-electron chi connectivity index (χ1n) is 23.9. The van der Waals surface area contributed by atoms with Crippen LogP contribution in [0.25, 0.3) is 60.2 Å². The highest BCUT2D eigenvalue weighted by Crippen LogP contribution is 2.41. The lowest BCUT2D eigenvalue weighted by Crippen LogP contribution is -2.45. The molecule has 0 unspecified atom stereocenters.